The third-order valence-electron chi connectivity index (χ3n) is 3.19. The van der Waals surface area contributed by atoms with Gasteiger partial charge in [-0.3, -0.25) is 0 Å². The van der Waals surface area contributed by atoms with Crippen LogP contribution in [0.1, 0.15) is 0 Å². The fourth-order valence-electron chi connectivity index (χ4n) is 2.38. The van der Waals surface area contributed by atoms with E-state index in [9.17, 15) is 15.2 Å². The molecule has 0 unspecified atom stereocenters. The summed E-state index contributed by atoms with van der Waals surface area (Å²) in [6.45, 7) is 0. The molecule has 0 radical (unpaired) electrons. The molecule has 0 saturated heterocycles. The molecule has 3 nitrogen and oxygen atoms in total. The van der Waals surface area contributed by atoms with Crippen LogP contribution in [0.25, 0.3) is 21.5 Å². The van der Waals surface area contributed by atoms with Gasteiger partial charge in [0.15, 0.2) is 0 Å². The summed E-state index contributed by atoms with van der Waals surface area (Å²) >= 11 is 0. The van der Waals surface area contributed by atoms with Gasteiger partial charge in [0.1, 0.15) is 5.75 Å². The molecule has 0 saturated carbocycles. The van der Waals surface area contributed by atoms with Gasteiger partial charge in [0.05, 0.1) is 0 Å². The van der Waals surface area contributed by atoms with Crippen molar-refractivity contribution >= 4 is 34.1 Å². The van der Waals surface area contributed by atoms with E-state index >= 15 is 0 Å². The normalized spacial score (nSPS) is 11.0. The molecule has 0 heterocycles. The average molecular weight is 238 g/mol. The molecule has 18 heavy (non-hydrogen) atoms. The SMILES string of the molecule is OB(O)c1c(O)ccc2ccc3ccccc3c12. The van der Waals surface area contributed by atoms with Crippen LogP contribution in [0.5, 0.6) is 5.75 Å². The van der Waals surface area contributed by atoms with E-state index in [1.165, 1.54) is 6.07 Å². The quantitative estimate of drug-likeness (QED) is 0.443. The van der Waals surface area contributed by atoms with Gasteiger partial charge in [-0.15, -0.1) is 0 Å². The molecule has 0 bridgehead atoms. The van der Waals surface area contributed by atoms with Gasteiger partial charge in [-0.1, -0.05) is 42.5 Å². The first-order valence-electron chi connectivity index (χ1n) is 5.68. The number of hydrogen-bond donors (Lipinski definition) is 3. The van der Waals surface area contributed by atoms with Crippen LogP contribution in [0.2, 0.25) is 0 Å². The maximum Gasteiger partial charge on any atom is 0.492 e. The molecule has 0 amide bonds. The number of phenolic OH excluding ortho intramolecular Hbond substituents is 1. The Hall–Kier alpha value is -2.04. The lowest BCUT2D eigenvalue weighted by Gasteiger charge is -2.11. The summed E-state index contributed by atoms with van der Waals surface area (Å²) < 4.78 is 0. The number of aromatic hydroxyl groups is 1. The topological polar surface area (TPSA) is 60.7 Å². The second kappa shape index (κ2) is 4.01. The zero-order valence-electron chi connectivity index (χ0n) is 9.54. The van der Waals surface area contributed by atoms with Crippen LogP contribution in [0.15, 0.2) is 48.5 Å². The molecular formula is C14H11BO3. The predicted octanol–water partition coefficient (Wildman–Crippen LogP) is 1.38. The van der Waals surface area contributed by atoms with Gasteiger partial charge in [-0.05, 0) is 27.6 Å². The molecule has 3 rings (SSSR count). The molecule has 0 aromatic heterocycles. The van der Waals surface area contributed by atoms with Crippen LogP contribution in [0.4, 0.5) is 0 Å². The van der Waals surface area contributed by atoms with Gasteiger partial charge >= 0.3 is 7.12 Å². The summed E-state index contributed by atoms with van der Waals surface area (Å²) in [5, 5.41) is 32.2. The molecule has 3 N–H and O–H groups in total. The van der Waals surface area contributed by atoms with E-state index < -0.39 is 7.12 Å². The van der Waals surface area contributed by atoms with Crippen molar-refractivity contribution < 1.29 is 15.2 Å². The van der Waals surface area contributed by atoms with Crippen LogP contribution in [0.3, 0.4) is 0 Å². The Labute approximate surface area is 104 Å². The zero-order valence-corrected chi connectivity index (χ0v) is 9.54. The Morgan fingerprint density at radius 2 is 1.44 bits per heavy atom. The molecule has 0 spiro atoms. The summed E-state index contributed by atoms with van der Waals surface area (Å²) in [4.78, 5) is 0. The first-order chi connectivity index (χ1) is 8.68. The first kappa shape index (κ1) is 11.1. The fraction of sp³-hybridized carbons (Fsp3) is 0. The van der Waals surface area contributed by atoms with Gasteiger partial charge < -0.3 is 15.2 Å². The standard InChI is InChI=1S/C14H11BO3/c16-12-8-7-10-6-5-9-3-1-2-4-11(9)13(10)14(12)15(17)18/h1-8,16-18H. The second-order valence-corrected chi connectivity index (χ2v) is 4.26. The van der Waals surface area contributed by atoms with Crippen molar-refractivity contribution in [1.29, 1.82) is 0 Å². The summed E-state index contributed by atoms with van der Waals surface area (Å²) in [6.07, 6.45) is 0. The van der Waals surface area contributed by atoms with Crippen molar-refractivity contribution in [2.45, 2.75) is 0 Å². The van der Waals surface area contributed by atoms with Crippen LogP contribution in [0, 0.1) is 0 Å². The van der Waals surface area contributed by atoms with Crippen molar-refractivity contribution in [3.8, 4) is 5.75 Å². The minimum absolute atomic E-state index is 0.103. The molecule has 4 heteroatoms. The highest BCUT2D eigenvalue weighted by Crippen LogP contribution is 2.26. The van der Waals surface area contributed by atoms with Crippen LogP contribution < -0.4 is 5.46 Å². The van der Waals surface area contributed by atoms with E-state index in [2.05, 4.69) is 0 Å². The molecule has 3 aromatic rings. The van der Waals surface area contributed by atoms with Gasteiger partial charge in [0.2, 0.25) is 0 Å². The summed E-state index contributed by atoms with van der Waals surface area (Å²) in [5.41, 5.74) is 0.157. The summed E-state index contributed by atoms with van der Waals surface area (Å²) in [6, 6.07) is 14.8. The Morgan fingerprint density at radius 1 is 0.778 bits per heavy atom. The number of benzene rings is 3. The maximum absolute atomic E-state index is 9.82. The summed E-state index contributed by atoms with van der Waals surface area (Å²) in [5.74, 6) is -0.103. The number of phenols is 1. The Bertz CT molecular complexity index is 738. The zero-order chi connectivity index (χ0) is 12.7. The fourth-order valence-corrected chi connectivity index (χ4v) is 2.38. The highest BCUT2D eigenvalue weighted by Gasteiger charge is 2.20. The van der Waals surface area contributed by atoms with Crippen molar-refractivity contribution in [3.05, 3.63) is 48.5 Å². The van der Waals surface area contributed by atoms with Crippen molar-refractivity contribution in [2.24, 2.45) is 0 Å². The first-order valence-corrected chi connectivity index (χ1v) is 5.68. The smallest absolute Gasteiger partial charge is 0.492 e. The molecule has 0 aliphatic rings. The Kier molecular flexibility index (Phi) is 2.47. The molecule has 0 aliphatic carbocycles. The van der Waals surface area contributed by atoms with Crippen LogP contribution in [-0.2, 0) is 0 Å². The number of fused-ring (bicyclic) bond motifs is 3. The van der Waals surface area contributed by atoms with E-state index in [0.29, 0.717) is 5.39 Å². The minimum atomic E-state index is -1.69. The summed E-state index contributed by atoms with van der Waals surface area (Å²) in [7, 11) is -1.69. The van der Waals surface area contributed by atoms with E-state index in [0.717, 1.165) is 16.2 Å². The minimum Gasteiger partial charge on any atom is -0.508 e. The van der Waals surface area contributed by atoms with E-state index in [1.807, 2.05) is 36.4 Å². The van der Waals surface area contributed by atoms with Crippen LogP contribution in [-0.4, -0.2) is 22.3 Å². The van der Waals surface area contributed by atoms with Gasteiger partial charge in [0.25, 0.3) is 0 Å². The Morgan fingerprint density at radius 3 is 2.22 bits per heavy atom. The molecule has 0 atom stereocenters. The third kappa shape index (κ3) is 1.55. The van der Waals surface area contributed by atoms with E-state index in [1.54, 1.807) is 6.07 Å². The average Bonchev–Trinajstić information content (AvgIpc) is 2.38. The molecule has 88 valence electrons. The number of rotatable bonds is 1. The van der Waals surface area contributed by atoms with Gasteiger partial charge in [-0.2, -0.15) is 0 Å². The van der Waals surface area contributed by atoms with E-state index in [-0.39, 0.29) is 11.2 Å². The van der Waals surface area contributed by atoms with Crippen molar-refractivity contribution in [2.75, 3.05) is 0 Å². The van der Waals surface area contributed by atoms with Crippen molar-refractivity contribution in [3.63, 3.8) is 0 Å². The monoisotopic (exact) mass is 238 g/mol. The lowest BCUT2D eigenvalue weighted by molar-refractivity contribution is 0.420. The van der Waals surface area contributed by atoms with Crippen molar-refractivity contribution in [1.82, 2.24) is 0 Å². The lowest BCUT2D eigenvalue weighted by atomic mass is 9.75. The van der Waals surface area contributed by atoms with Crippen LogP contribution >= 0.6 is 0 Å². The van der Waals surface area contributed by atoms with Gasteiger partial charge in [-0.25, -0.2) is 0 Å². The molecular weight excluding hydrogens is 227 g/mol. The second-order valence-electron chi connectivity index (χ2n) is 4.26. The largest absolute Gasteiger partial charge is 0.508 e. The molecule has 0 aliphatic heterocycles. The van der Waals surface area contributed by atoms with E-state index in [4.69, 9.17) is 0 Å². The molecule has 0 fully saturated rings. The number of hydrogen-bond acceptors (Lipinski definition) is 3. The highest BCUT2D eigenvalue weighted by atomic mass is 16.4. The molecule has 3 aromatic carbocycles. The third-order valence-corrected chi connectivity index (χ3v) is 3.19. The highest BCUT2D eigenvalue weighted by molar-refractivity contribution is 6.64. The maximum atomic E-state index is 9.82. The van der Waals surface area contributed by atoms with Gasteiger partial charge in [0, 0.05) is 5.46 Å². The lowest BCUT2D eigenvalue weighted by Crippen LogP contribution is -2.30. The Balaban J connectivity index is 2.58. The predicted molar refractivity (Wildman–Crippen MR) is 72.9 cm³/mol.